The van der Waals surface area contributed by atoms with Crippen molar-refractivity contribution in [1.82, 2.24) is 4.98 Å². The molecular weight excluding hydrogens is 274 g/mol. The van der Waals surface area contributed by atoms with Crippen LogP contribution in [0.3, 0.4) is 0 Å². The van der Waals surface area contributed by atoms with E-state index in [0.29, 0.717) is 5.56 Å². The Kier molecular flexibility index (Phi) is 3.22. The highest BCUT2D eigenvalue weighted by molar-refractivity contribution is 7.21. The van der Waals surface area contributed by atoms with E-state index in [0.717, 1.165) is 20.8 Å². The molecule has 3 aromatic rings. The molecule has 0 aliphatic heterocycles. The number of rotatable bonds is 3. The lowest BCUT2D eigenvalue weighted by Crippen LogP contribution is -2.03. The first-order valence-corrected chi connectivity index (χ1v) is 6.83. The van der Waals surface area contributed by atoms with E-state index in [9.17, 15) is 9.90 Å². The van der Waals surface area contributed by atoms with Gasteiger partial charge in [-0.05, 0) is 42.5 Å². The lowest BCUT2D eigenvalue weighted by Gasteiger charge is -1.95. The van der Waals surface area contributed by atoms with Gasteiger partial charge in [0, 0.05) is 11.1 Å². The molecule has 2 N–H and O–H groups in total. The van der Waals surface area contributed by atoms with Gasteiger partial charge in [-0.1, -0.05) is 0 Å². The molecule has 0 spiro atoms. The quantitative estimate of drug-likeness (QED) is 0.726. The van der Waals surface area contributed by atoms with Gasteiger partial charge in [0.2, 0.25) is 0 Å². The van der Waals surface area contributed by atoms with Crippen LogP contribution in [0.4, 0.5) is 0 Å². The van der Waals surface area contributed by atoms with Crippen LogP contribution >= 0.6 is 11.3 Å². The van der Waals surface area contributed by atoms with Crippen LogP contribution in [-0.4, -0.2) is 27.6 Å². The molecule has 5 heteroatoms. The van der Waals surface area contributed by atoms with Crippen molar-refractivity contribution in [2.45, 2.75) is 0 Å². The molecule has 20 heavy (non-hydrogen) atoms. The van der Waals surface area contributed by atoms with Gasteiger partial charge in [0.15, 0.2) is 5.78 Å². The van der Waals surface area contributed by atoms with Crippen LogP contribution in [0.1, 0.15) is 10.4 Å². The summed E-state index contributed by atoms with van der Waals surface area (Å²) in [6, 6.07) is 12.0. The number of fused-ring (bicyclic) bond motifs is 1. The fraction of sp³-hybridized carbons (Fsp3) is 0.0667. The maximum absolute atomic E-state index is 11.5. The van der Waals surface area contributed by atoms with Crippen molar-refractivity contribution in [3.05, 3.63) is 48.0 Å². The molecule has 2 aromatic carbocycles. The molecule has 0 fully saturated rings. The predicted molar refractivity (Wildman–Crippen MR) is 78.1 cm³/mol. The molecular formula is C15H11NO3S. The van der Waals surface area contributed by atoms with Crippen LogP contribution in [0, 0.1) is 0 Å². The van der Waals surface area contributed by atoms with Crippen molar-refractivity contribution in [1.29, 1.82) is 0 Å². The third-order valence-corrected chi connectivity index (χ3v) is 4.04. The molecule has 0 amide bonds. The Morgan fingerprint density at radius 2 is 1.90 bits per heavy atom. The second-order valence-electron chi connectivity index (χ2n) is 4.33. The lowest BCUT2D eigenvalue weighted by molar-refractivity contribution is 0.0904. The fourth-order valence-corrected chi connectivity index (χ4v) is 2.93. The largest absolute Gasteiger partial charge is 0.508 e. The maximum atomic E-state index is 11.5. The minimum absolute atomic E-state index is 0.214. The second kappa shape index (κ2) is 5.03. The Labute approximate surface area is 119 Å². The van der Waals surface area contributed by atoms with Crippen molar-refractivity contribution in [2.75, 3.05) is 6.61 Å². The fourth-order valence-electron chi connectivity index (χ4n) is 1.92. The van der Waals surface area contributed by atoms with Gasteiger partial charge in [-0.3, -0.25) is 4.79 Å². The number of Topliss-reactive ketones (excluding diaryl/α,β-unsaturated/α-hetero) is 1. The molecule has 0 atom stereocenters. The number of aromatic nitrogens is 1. The molecule has 0 aliphatic rings. The van der Waals surface area contributed by atoms with Gasteiger partial charge in [-0.25, -0.2) is 4.98 Å². The number of carbonyl (C=O) groups is 1. The highest BCUT2D eigenvalue weighted by Crippen LogP contribution is 2.31. The molecule has 0 unspecified atom stereocenters. The summed E-state index contributed by atoms with van der Waals surface area (Å²) in [4.78, 5) is 16.0. The molecule has 3 rings (SSSR count). The average Bonchev–Trinajstić information content (AvgIpc) is 2.90. The molecule has 1 aromatic heterocycles. The van der Waals surface area contributed by atoms with E-state index in [2.05, 4.69) is 4.98 Å². The number of thiazole rings is 1. The first-order valence-electron chi connectivity index (χ1n) is 6.01. The van der Waals surface area contributed by atoms with Crippen LogP contribution in [-0.2, 0) is 0 Å². The van der Waals surface area contributed by atoms with Gasteiger partial charge in [0.1, 0.15) is 17.4 Å². The van der Waals surface area contributed by atoms with E-state index in [1.807, 2.05) is 0 Å². The number of aliphatic hydroxyl groups excluding tert-OH is 1. The Morgan fingerprint density at radius 1 is 1.15 bits per heavy atom. The van der Waals surface area contributed by atoms with E-state index < -0.39 is 6.61 Å². The van der Waals surface area contributed by atoms with Crippen LogP contribution in [0.5, 0.6) is 5.75 Å². The number of nitrogens with zero attached hydrogens (tertiary/aromatic N) is 1. The van der Waals surface area contributed by atoms with E-state index in [-0.39, 0.29) is 11.5 Å². The van der Waals surface area contributed by atoms with Crippen LogP contribution in [0.2, 0.25) is 0 Å². The number of aliphatic hydroxyl groups is 1. The highest BCUT2D eigenvalue weighted by Gasteiger charge is 2.10. The van der Waals surface area contributed by atoms with Crippen molar-refractivity contribution in [3.8, 4) is 16.3 Å². The molecule has 0 bridgehead atoms. The first kappa shape index (κ1) is 12.8. The standard InChI is InChI=1S/C15H11NO3S/c17-8-13(19)10-3-6-12-14(7-10)20-15(16-12)9-1-4-11(18)5-2-9/h1-7,17-18H,8H2. The first-order chi connectivity index (χ1) is 9.67. The van der Waals surface area contributed by atoms with Gasteiger partial charge in [0.25, 0.3) is 0 Å². The molecule has 0 saturated carbocycles. The molecule has 100 valence electrons. The topological polar surface area (TPSA) is 70.4 Å². The normalized spacial score (nSPS) is 10.8. The predicted octanol–water partition coefficient (Wildman–Crippen LogP) is 2.84. The Hall–Kier alpha value is -2.24. The van der Waals surface area contributed by atoms with E-state index >= 15 is 0 Å². The number of carbonyl (C=O) groups excluding carboxylic acids is 1. The van der Waals surface area contributed by atoms with Gasteiger partial charge in [-0.15, -0.1) is 11.3 Å². The zero-order chi connectivity index (χ0) is 14.1. The SMILES string of the molecule is O=C(CO)c1ccc2nc(-c3ccc(O)cc3)sc2c1. The Bertz CT molecular complexity index is 777. The average molecular weight is 285 g/mol. The summed E-state index contributed by atoms with van der Waals surface area (Å²) in [7, 11) is 0. The summed E-state index contributed by atoms with van der Waals surface area (Å²) in [5.74, 6) is -0.0860. The van der Waals surface area contributed by atoms with Crippen LogP contribution < -0.4 is 0 Å². The molecule has 0 radical (unpaired) electrons. The van der Waals surface area contributed by atoms with Gasteiger partial charge < -0.3 is 10.2 Å². The summed E-state index contributed by atoms with van der Waals surface area (Å²) in [5.41, 5.74) is 2.22. The summed E-state index contributed by atoms with van der Waals surface area (Å²) >= 11 is 1.47. The second-order valence-corrected chi connectivity index (χ2v) is 5.36. The van der Waals surface area contributed by atoms with Crippen LogP contribution in [0.15, 0.2) is 42.5 Å². The molecule has 1 heterocycles. The van der Waals surface area contributed by atoms with Crippen molar-refractivity contribution >= 4 is 27.3 Å². The smallest absolute Gasteiger partial charge is 0.188 e. The van der Waals surface area contributed by atoms with E-state index in [1.54, 1.807) is 42.5 Å². The Balaban J connectivity index is 2.06. The van der Waals surface area contributed by atoms with E-state index in [4.69, 9.17) is 5.11 Å². The van der Waals surface area contributed by atoms with Crippen molar-refractivity contribution in [2.24, 2.45) is 0 Å². The summed E-state index contributed by atoms with van der Waals surface area (Å²) in [6.07, 6.45) is 0. The number of ketones is 1. The highest BCUT2D eigenvalue weighted by atomic mass is 32.1. The summed E-state index contributed by atoms with van der Waals surface area (Å²) < 4.78 is 0.896. The number of benzene rings is 2. The van der Waals surface area contributed by atoms with E-state index in [1.165, 1.54) is 11.3 Å². The summed E-state index contributed by atoms with van der Waals surface area (Å²) in [6.45, 7) is -0.491. The van der Waals surface area contributed by atoms with Gasteiger partial charge in [0.05, 0.1) is 10.2 Å². The van der Waals surface area contributed by atoms with Crippen molar-refractivity contribution in [3.63, 3.8) is 0 Å². The number of hydrogen-bond acceptors (Lipinski definition) is 5. The number of phenolic OH excluding ortho intramolecular Hbond substituents is 1. The zero-order valence-corrected chi connectivity index (χ0v) is 11.2. The van der Waals surface area contributed by atoms with Gasteiger partial charge >= 0.3 is 0 Å². The number of hydrogen-bond donors (Lipinski definition) is 2. The third kappa shape index (κ3) is 2.29. The van der Waals surface area contributed by atoms with Gasteiger partial charge in [-0.2, -0.15) is 0 Å². The molecule has 0 aliphatic carbocycles. The minimum Gasteiger partial charge on any atom is -0.508 e. The van der Waals surface area contributed by atoms with Crippen molar-refractivity contribution < 1.29 is 15.0 Å². The molecule has 4 nitrogen and oxygen atoms in total. The lowest BCUT2D eigenvalue weighted by atomic mass is 10.1. The third-order valence-electron chi connectivity index (χ3n) is 2.97. The number of aromatic hydroxyl groups is 1. The number of phenols is 1. The Morgan fingerprint density at radius 3 is 2.60 bits per heavy atom. The zero-order valence-electron chi connectivity index (χ0n) is 10.4. The van der Waals surface area contributed by atoms with Crippen LogP contribution in [0.25, 0.3) is 20.8 Å². The molecule has 0 saturated heterocycles. The monoisotopic (exact) mass is 285 g/mol. The maximum Gasteiger partial charge on any atom is 0.188 e. The minimum atomic E-state index is -0.491. The summed E-state index contributed by atoms with van der Waals surface area (Å²) in [5, 5.41) is 19.0.